The van der Waals surface area contributed by atoms with E-state index in [0.717, 1.165) is 0 Å². The monoisotopic (exact) mass is 538 g/mol. The van der Waals surface area contributed by atoms with Crippen molar-refractivity contribution in [2.45, 2.75) is 24.5 Å². The molecule has 2 aliphatic heterocycles. The van der Waals surface area contributed by atoms with Crippen LogP contribution in [0.5, 0.6) is 0 Å². The van der Waals surface area contributed by atoms with E-state index in [4.69, 9.17) is 24.3 Å². The zero-order chi connectivity index (χ0) is 23.3. The van der Waals surface area contributed by atoms with Gasteiger partial charge >= 0.3 is 198 Å². The molecule has 15 heteroatoms. The summed E-state index contributed by atoms with van der Waals surface area (Å²) >= 11 is 3.42. The van der Waals surface area contributed by atoms with Gasteiger partial charge in [-0.1, -0.05) is 0 Å². The number of carbonyl (C=O) groups is 1. The van der Waals surface area contributed by atoms with E-state index in [1.54, 1.807) is 29.8 Å². The molecule has 5 rings (SSSR count). The molecule has 0 spiro atoms. The molecule has 0 aliphatic carbocycles. The number of hydrogen-bond donors (Lipinski definition) is 3. The zero-order valence-corrected chi connectivity index (χ0v) is 20.2. The molecule has 12 nitrogen and oxygen atoms in total. The Bertz CT molecular complexity index is 1230. The van der Waals surface area contributed by atoms with E-state index in [2.05, 4.69) is 36.2 Å². The predicted octanol–water partition coefficient (Wildman–Crippen LogP) is 0.786. The van der Waals surface area contributed by atoms with E-state index >= 15 is 0 Å². The van der Waals surface area contributed by atoms with Gasteiger partial charge in [0.2, 0.25) is 0 Å². The molecule has 2 saturated heterocycles. The standard InChI is InChI=1S/C18H21BBrN6O6P/c1-22-9-5-3-2-4-8(9)17(27)31-13-12-10(6-29-33(19,28)32-12)30-16(13)26-15-11(25-18(26)20)14(21)23-7-24-15/h2-5,7,10,12-13,16,22,28,33H,6,19H2,1H3,(H2,21,23,24)/t10-,12+,13+,16-/m1/s1. The number of carbonyl (C=O) groups excluding carboxylic acids is 1. The topological polar surface area (TPSA) is 156 Å². The Morgan fingerprint density at radius 2 is 2.21 bits per heavy atom. The van der Waals surface area contributed by atoms with E-state index in [1.807, 2.05) is 6.07 Å². The van der Waals surface area contributed by atoms with E-state index < -0.39 is 38.3 Å². The number of rotatable bonds is 4. The maximum absolute atomic E-state index is 13.2. The van der Waals surface area contributed by atoms with Crippen molar-refractivity contribution in [3.63, 3.8) is 0 Å². The first-order valence-electron chi connectivity index (χ1n) is 10.1. The van der Waals surface area contributed by atoms with Crippen LogP contribution in [0.2, 0.25) is 0 Å². The Labute approximate surface area is 197 Å². The number of anilines is 2. The van der Waals surface area contributed by atoms with Crippen LogP contribution in [0.15, 0.2) is 35.3 Å². The minimum absolute atomic E-state index is 0.0862. The fraction of sp³-hybridized carbons (Fsp3) is 0.333. The van der Waals surface area contributed by atoms with Crippen LogP contribution < -0.4 is 11.1 Å². The normalized spacial score (nSPS) is 27.1. The molecular formula is C18H21BBrN6O6P. The number of hydrogen-bond acceptors (Lipinski definition) is 11. The van der Waals surface area contributed by atoms with Crippen LogP contribution in [0, 0.1) is 0 Å². The van der Waals surface area contributed by atoms with Gasteiger partial charge in [0.25, 0.3) is 0 Å². The predicted molar refractivity (Wildman–Crippen MR) is 126 cm³/mol. The molecule has 33 heavy (non-hydrogen) atoms. The van der Waals surface area contributed by atoms with Crippen LogP contribution in [-0.4, -0.2) is 69.9 Å². The summed E-state index contributed by atoms with van der Waals surface area (Å²) in [6.07, 6.45) is -1.87. The number of aromatic nitrogens is 4. The third-order valence-corrected chi connectivity index (χ3v) is 7.50. The molecule has 0 bridgehead atoms. The van der Waals surface area contributed by atoms with Gasteiger partial charge in [-0.15, -0.1) is 0 Å². The number of halogens is 1. The maximum atomic E-state index is 13.2. The Balaban J connectivity index is 1.56. The van der Waals surface area contributed by atoms with Crippen molar-refractivity contribution in [3.8, 4) is 0 Å². The Morgan fingerprint density at radius 3 is 3.00 bits per heavy atom. The number of para-hydroxylation sites is 1. The number of esters is 1. The number of imidazole rings is 1. The minimum atomic E-state index is -3.42. The number of nitrogen functional groups attached to an aromatic ring is 1. The molecule has 3 aromatic rings. The molecule has 4 atom stereocenters. The van der Waals surface area contributed by atoms with E-state index in [9.17, 15) is 9.69 Å². The number of benzene rings is 1. The summed E-state index contributed by atoms with van der Waals surface area (Å²) in [6, 6.07) is 6.97. The van der Waals surface area contributed by atoms with Gasteiger partial charge in [0, 0.05) is 0 Å². The molecule has 0 amide bonds. The first-order chi connectivity index (χ1) is 15.8. The van der Waals surface area contributed by atoms with Crippen LogP contribution in [0.3, 0.4) is 0 Å². The summed E-state index contributed by atoms with van der Waals surface area (Å²) in [5.74, 6) is -0.383. The number of fused-ring (bicyclic) bond motifs is 2. The molecule has 2 fully saturated rings. The van der Waals surface area contributed by atoms with Gasteiger partial charge < -0.3 is 0 Å². The van der Waals surface area contributed by atoms with Crippen LogP contribution in [0.1, 0.15) is 16.6 Å². The first kappa shape index (κ1) is 22.4. The van der Waals surface area contributed by atoms with Crippen LogP contribution in [0.4, 0.5) is 11.5 Å². The number of nitrogens with one attached hydrogen (secondary N) is 1. The third kappa shape index (κ3) is 3.96. The van der Waals surface area contributed by atoms with Crippen molar-refractivity contribution < 1.29 is 28.2 Å². The number of nitrogens with two attached hydrogens (primary N) is 1. The number of ether oxygens (including phenoxy) is 2. The molecule has 0 saturated carbocycles. The van der Waals surface area contributed by atoms with Gasteiger partial charge in [-0.3, -0.25) is 0 Å². The van der Waals surface area contributed by atoms with Crippen LogP contribution >= 0.6 is 23.8 Å². The molecule has 174 valence electrons. The van der Waals surface area contributed by atoms with Crippen molar-refractivity contribution >= 4 is 60.0 Å². The van der Waals surface area contributed by atoms with Crippen molar-refractivity contribution in [2.75, 3.05) is 24.7 Å². The summed E-state index contributed by atoms with van der Waals surface area (Å²) in [5, 5.41) is 2.98. The molecule has 0 unspecified atom stereocenters. The fourth-order valence-electron chi connectivity index (χ4n) is 4.03. The second kappa shape index (κ2) is 8.46. The first-order valence-corrected chi connectivity index (χ1v) is 13.2. The summed E-state index contributed by atoms with van der Waals surface area (Å²) in [5.41, 5.74) is 7.67. The molecule has 2 aromatic heterocycles. The van der Waals surface area contributed by atoms with Crippen molar-refractivity contribution in [2.24, 2.45) is 0 Å². The van der Waals surface area contributed by atoms with E-state index in [1.165, 1.54) is 13.9 Å². The van der Waals surface area contributed by atoms with Gasteiger partial charge in [0.1, 0.15) is 0 Å². The van der Waals surface area contributed by atoms with Gasteiger partial charge in [0.15, 0.2) is 0 Å². The second-order valence-electron chi connectivity index (χ2n) is 7.70. The molecule has 1 aromatic carbocycles. The average Bonchev–Trinajstić information content (AvgIpc) is 3.30. The second-order valence-corrected chi connectivity index (χ2v) is 10.7. The average molecular weight is 539 g/mol. The van der Waals surface area contributed by atoms with Gasteiger partial charge in [-0.25, -0.2) is 0 Å². The molecule has 2 aliphatic rings. The number of nitrogens with zero attached hydrogens (tertiary/aromatic N) is 4. The Morgan fingerprint density at radius 1 is 1.42 bits per heavy atom. The summed E-state index contributed by atoms with van der Waals surface area (Å²) < 4.78 is 25.5. The summed E-state index contributed by atoms with van der Waals surface area (Å²) in [4.78, 5) is 36.3. The van der Waals surface area contributed by atoms with E-state index in [0.29, 0.717) is 27.1 Å². The van der Waals surface area contributed by atoms with Crippen LogP contribution in [-0.2, 0) is 18.5 Å². The van der Waals surface area contributed by atoms with Gasteiger partial charge in [-0.05, 0) is 0 Å². The molecule has 0 radical (unpaired) electrons. The Hall–Kier alpha value is -2.35. The fourth-order valence-corrected chi connectivity index (χ4v) is 5.91. The van der Waals surface area contributed by atoms with E-state index in [-0.39, 0.29) is 12.4 Å². The Kier molecular flexibility index (Phi) is 5.75. The summed E-state index contributed by atoms with van der Waals surface area (Å²) in [6.45, 7) is 0.0862. The van der Waals surface area contributed by atoms with Crippen molar-refractivity contribution in [1.82, 2.24) is 19.5 Å². The molecule has 4 heterocycles. The van der Waals surface area contributed by atoms with Crippen LogP contribution in [0.25, 0.3) is 11.2 Å². The zero-order valence-electron chi connectivity index (χ0n) is 17.6. The summed E-state index contributed by atoms with van der Waals surface area (Å²) in [7, 11) is -0.205. The molecular weight excluding hydrogens is 518 g/mol. The van der Waals surface area contributed by atoms with Gasteiger partial charge in [0.05, 0.1) is 0 Å². The van der Waals surface area contributed by atoms with Crippen molar-refractivity contribution in [3.05, 3.63) is 40.9 Å². The SMILES string of the molecule is B[PH]1(O)OC[C@H]2O[C@@H](n3c(Br)nc4c(N)ncnc43)[C@@H](OC(=O)c3ccccc3NC)[C@H]2O1. The van der Waals surface area contributed by atoms with Crippen molar-refractivity contribution in [1.29, 1.82) is 0 Å². The van der Waals surface area contributed by atoms with Gasteiger partial charge in [-0.2, -0.15) is 0 Å². The molecule has 4 N–H and O–H groups in total. The third-order valence-electron chi connectivity index (χ3n) is 5.53. The quantitative estimate of drug-likeness (QED) is 0.187.